The minimum absolute atomic E-state index is 0.0282. The summed E-state index contributed by atoms with van der Waals surface area (Å²) in [6.07, 6.45) is 0.719. The summed E-state index contributed by atoms with van der Waals surface area (Å²) in [4.78, 5) is 35.0. The minimum atomic E-state index is -0.668. The Morgan fingerprint density at radius 2 is 1.56 bits per heavy atom. The highest BCUT2D eigenvalue weighted by atomic mass is 16.5. The topological polar surface area (TPSA) is 110 Å². The van der Waals surface area contributed by atoms with Crippen molar-refractivity contribution in [3.63, 3.8) is 0 Å². The highest BCUT2D eigenvalue weighted by molar-refractivity contribution is 6.11. The van der Waals surface area contributed by atoms with Gasteiger partial charge in [-0.1, -0.05) is 6.92 Å². The number of phenolic OH excluding ortho intramolecular Hbond substituents is 2. The van der Waals surface area contributed by atoms with Gasteiger partial charge in [0.2, 0.25) is 0 Å². The quantitative estimate of drug-likeness (QED) is 0.486. The van der Waals surface area contributed by atoms with Crippen molar-refractivity contribution >= 4 is 28.5 Å². The summed E-state index contributed by atoms with van der Waals surface area (Å²) in [5.41, 5.74) is -0.0791. The molecule has 0 aliphatic heterocycles. The number of Topliss-reactive ketones (excluding diaryl/α,β-unsaturated/α-hetero) is 1. The number of aromatic hydroxyl groups is 2. The number of phenols is 2. The van der Waals surface area contributed by atoms with Crippen molar-refractivity contribution in [1.29, 1.82) is 0 Å². The second-order valence-corrected chi connectivity index (χ2v) is 5.46. The number of rotatable bonds is 5. The molecule has 25 heavy (non-hydrogen) atoms. The smallest absolute Gasteiger partial charge is 0.308 e. The lowest BCUT2D eigenvalue weighted by molar-refractivity contribution is -0.132. The number of fused-ring (bicyclic) bond motifs is 1. The molecule has 0 fully saturated rings. The summed E-state index contributed by atoms with van der Waals surface area (Å²) in [6, 6.07) is 3.72. The summed E-state index contributed by atoms with van der Waals surface area (Å²) in [7, 11) is 0. The SMILES string of the molecule is CCCC(=O)c1cc(OC(C)=O)c2c(O)ccc(OC(C)=O)c2c1O. The van der Waals surface area contributed by atoms with Crippen molar-refractivity contribution in [2.75, 3.05) is 0 Å². The fraction of sp³-hybridized carbons (Fsp3) is 0.278. The average molecular weight is 346 g/mol. The summed E-state index contributed by atoms with van der Waals surface area (Å²) < 4.78 is 10.1. The highest BCUT2D eigenvalue weighted by Crippen LogP contribution is 2.46. The van der Waals surface area contributed by atoms with E-state index in [1.807, 2.05) is 0 Å². The molecule has 7 nitrogen and oxygen atoms in total. The fourth-order valence-corrected chi connectivity index (χ4v) is 2.51. The molecule has 0 bridgehead atoms. The van der Waals surface area contributed by atoms with Gasteiger partial charge in [-0.3, -0.25) is 14.4 Å². The van der Waals surface area contributed by atoms with Crippen molar-refractivity contribution in [3.8, 4) is 23.0 Å². The molecule has 2 aromatic rings. The molecule has 0 atom stereocenters. The van der Waals surface area contributed by atoms with E-state index in [-0.39, 0.29) is 45.8 Å². The predicted octanol–water partition coefficient (Wildman–Crippen LogP) is 3.08. The molecule has 0 amide bonds. The first-order valence-corrected chi connectivity index (χ1v) is 7.67. The molecule has 0 aliphatic carbocycles. The Morgan fingerprint density at radius 1 is 0.960 bits per heavy atom. The predicted molar refractivity (Wildman–Crippen MR) is 89.1 cm³/mol. The first kappa shape index (κ1) is 18.3. The van der Waals surface area contributed by atoms with Gasteiger partial charge in [-0.2, -0.15) is 0 Å². The van der Waals surface area contributed by atoms with Crippen LogP contribution in [0, 0.1) is 0 Å². The normalized spacial score (nSPS) is 10.5. The molecule has 0 saturated heterocycles. The zero-order valence-electron chi connectivity index (χ0n) is 14.1. The third-order valence-corrected chi connectivity index (χ3v) is 3.44. The molecule has 2 aromatic carbocycles. The Hall–Kier alpha value is -3.09. The van der Waals surface area contributed by atoms with Gasteiger partial charge in [-0.05, 0) is 24.6 Å². The second kappa shape index (κ2) is 7.21. The van der Waals surface area contributed by atoms with Crippen molar-refractivity contribution in [2.24, 2.45) is 0 Å². The maximum Gasteiger partial charge on any atom is 0.308 e. The molecule has 0 spiro atoms. The molecule has 2 N–H and O–H groups in total. The van der Waals surface area contributed by atoms with E-state index in [1.165, 1.54) is 32.0 Å². The van der Waals surface area contributed by atoms with E-state index in [0.717, 1.165) is 0 Å². The molecular weight excluding hydrogens is 328 g/mol. The lowest BCUT2D eigenvalue weighted by Gasteiger charge is -2.15. The van der Waals surface area contributed by atoms with E-state index in [0.29, 0.717) is 6.42 Å². The average Bonchev–Trinajstić information content (AvgIpc) is 2.51. The van der Waals surface area contributed by atoms with Crippen molar-refractivity contribution in [1.82, 2.24) is 0 Å². The van der Waals surface area contributed by atoms with Crippen LogP contribution < -0.4 is 9.47 Å². The monoisotopic (exact) mass is 346 g/mol. The van der Waals surface area contributed by atoms with Crippen LogP contribution in [-0.2, 0) is 9.59 Å². The number of carbonyl (C=O) groups excluding carboxylic acids is 3. The summed E-state index contributed by atoms with van der Waals surface area (Å²) >= 11 is 0. The van der Waals surface area contributed by atoms with Gasteiger partial charge in [0.1, 0.15) is 23.0 Å². The second-order valence-electron chi connectivity index (χ2n) is 5.46. The number of ketones is 1. The molecule has 0 heterocycles. The number of hydrogen-bond acceptors (Lipinski definition) is 7. The van der Waals surface area contributed by atoms with Crippen LogP contribution in [0.3, 0.4) is 0 Å². The highest BCUT2D eigenvalue weighted by Gasteiger charge is 2.24. The number of benzene rings is 2. The van der Waals surface area contributed by atoms with Gasteiger partial charge in [-0.25, -0.2) is 0 Å². The molecule has 132 valence electrons. The van der Waals surface area contributed by atoms with E-state index in [4.69, 9.17) is 9.47 Å². The standard InChI is InChI=1S/C18H18O7/c1-4-5-12(21)11-8-15(25-10(3)20)16-13(22)6-7-14(24-9(2)19)17(16)18(11)23/h6-8,22-23H,4-5H2,1-3H3. The van der Waals surface area contributed by atoms with Crippen molar-refractivity contribution in [3.05, 3.63) is 23.8 Å². The molecule has 2 rings (SSSR count). The Kier molecular flexibility index (Phi) is 5.26. The number of hydrogen-bond donors (Lipinski definition) is 2. The Bertz CT molecular complexity index is 868. The van der Waals surface area contributed by atoms with Gasteiger partial charge >= 0.3 is 11.9 Å². The van der Waals surface area contributed by atoms with Gasteiger partial charge in [-0.15, -0.1) is 0 Å². The van der Waals surface area contributed by atoms with Gasteiger partial charge in [0.25, 0.3) is 0 Å². The van der Waals surface area contributed by atoms with E-state index in [1.54, 1.807) is 6.92 Å². The largest absolute Gasteiger partial charge is 0.507 e. The van der Waals surface area contributed by atoms with Crippen LogP contribution in [0.25, 0.3) is 10.8 Å². The maximum atomic E-state index is 12.3. The summed E-state index contributed by atoms with van der Waals surface area (Å²) in [6.45, 7) is 4.15. The molecule has 0 aliphatic rings. The zero-order chi connectivity index (χ0) is 18.7. The van der Waals surface area contributed by atoms with Crippen LogP contribution in [0.1, 0.15) is 44.0 Å². The van der Waals surface area contributed by atoms with E-state index >= 15 is 0 Å². The molecule has 0 saturated carbocycles. The van der Waals surface area contributed by atoms with Crippen LogP contribution in [0.2, 0.25) is 0 Å². The molecule has 0 unspecified atom stereocenters. The van der Waals surface area contributed by atoms with E-state index in [2.05, 4.69) is 0 Å². The van der Waals surface area contributed by atoms with Gasteiger partial charge in [0.05, 0.1) is 16.3 Å². The summed E-state index contributed by atoms with van der Waals surface area (Å²) in [5.74, 6) is -2.59. The molecule has 7 heteroatoms. The van der Waals surface area contributed by atoms with Crippen LogP contribution in [0.4, 0.5) is 0 Å². The Morgan fingerprint density at radius 3 is 2.12 bits per heavy atom. The van der Waals surface area contributed by atoms with Crippen LogP contribution >= 0.6 is 0 Å². The Labute approximate surface area is 143 Å². The van der Waals surface area contributed by atoms with Crippen LogP contribution in [0.15, 0.2) is 18.2 Å². The van der Waals surface area contributed by atoms with Crippen molar-refractivity contribution < 1.29 is 34.1 Å². The minimum Gasteiger partial charge on any atom is -0.507 e. The molecule has 0 radical (unpaired) electrons. The number of esters is 2. The third-order valence-electron chi connectivity index (χ3n) is 3.44. The van der Waals surface area contributed by atoms with E-state index < -0.39 is 17.7 Å². The van der Waals surface area contributed by atoms with Gasteiger partial charge in [0, 0.05) is 20.3 Å². The zero-order valence-corrected chi connectivity index (χ0v) is 14.1. The van der Waals surface area contributed by atoms with Crippen LogP contribution in [0.5, 0.6) is 23.0 Å². The first-order valence-electron chi connectivity index (χ1n) is 7.67. The van der Waals surface area contributed by atoms with Crippen molar-refractivity contribution in [2.45, 2.75) is 33.6 Å². The number of ether oxygens (including phenoxy) is 2. The van der Waals surface area contributed by atoms with E-state index in [9.17, 15) is 24.6 Å². The molecule has 0 aromatic heterocycles. The lowest BCUT2D eigenvalue weighted by atomic mass is 9.98. The summed E-state index contributed by atoms with van der Waals surface area (Å²) in [5, 5.41) is 20.6. The van der Waals surface area contributed by atoms with Crippen LogP contribution in [-0.4, -0.2) is 27.9 Å². The Balaban J connectivity index is 2.89. The maximum absolute atomic E-state index is 12.3. The van der Waals surface area contributed by atoms with Gasteiger partial charge in [0.15, 0.2) is 5.78 Å². The molecular formula is C18H18O7. The third kappa shape index (κ3) is 3.71. The lowest BCUT2D eigenvalue weighted by Crippen LogP contribution is -2.07. The fourth-order valence-electron chi connectivity index (χ4n) is 2.51. The number of carbonyl (C=O) groups is 3. The van der Waals surface area contributed by atoms with Gasteiger partial charge < -0.3 is 19.7 Å². The first-order chi connectivity index (χ1) is 11.8.